The van der Waals surface area contributed by atoms with Crippen LogP contribution in [-0.2, 0) is 4.79 Å². The number of nitrogens with one attached hydrogen (secondary N) is 2. The second-order valence-electron chi connectivity index (χ2n) is 6.15. The highest BCUT2D eigenvalue weighted by atomic mass is 35.5. The molecule has 0 spiro atoms. The summed E-state index contributed by atoms with van der Waals surface area (Å²) in [4.78, 5) is 39.9. The van der Waals surface area contributed by atoms with Crippen molar-refractivity contribution in [3.05, 3.63) is 45.1 Å². The molecule has 0 saturated heterocycles. The van der Waals surface area contributed by atoms with E-state index < -0.39 is 29.0 Å². The molecule has 0 atom stereocenters. The van der Waals surface area contributed by atoms with Gasteiger partial charge in [0, 0.05) is 16.6 Å². The van der Waals surface area contributed by atoms with E-state index in [4.69, 9.17) is 11.6 Å². The maximum Gasteiger partial charge on any atom is 0.295 e. The molecule has 2 rings (SSSR count). The number of rotatable bonds is 4. The molecule has 2 amide bonds. The highest BCUT2D eigenvalue weighted by molar-refractivity contribution is 7.12. The zero-order valence-corrected chi connectivity index (χ0v) is 15.2. The molecule has 6 nitrogen and oxygen atoms in total. The fourth-order valence-corrected chi connectivity index (χ4v) is 2.66. The summed E-state index contributed by atoms with van der Waals surface area (Å²) >= 11 is 6.54. The Morgan fingerprint density at radius 2 is 1.92 bits per heavy atom. The molecule has 25 heavy (non-hydrogen) atoms. The molecular formula is C16H15ClFN3O3S. The number of Topliss-reactive ketones (excluding diaryl/α,β-unsaturated/α-hetero) is 1. The van der Waals surface area contributed by atoms with Gasteiger partial charge >= 0.3 is 0 Å². The molecule has 1 aromatic heterocycles. The Balaban J connectivity index is 2.09. The molecule has 0 saturated carbocycles. The molecular weight excluding hydrogens is 369 g/mol. The van der Waals surface area contributed by atoms with Crippen molar-refractivity contribution < 1.29 is 18.8 Å². The summed E-state index contributed by atoms with van der Waals surface area (Å²) < 4.78 is 13.1. The predicted molar refractivity (Wildman–Crippen MR) is 93.7 cm³/mol. The number of halogens is 2. The lowest BCUT2D eigenvalue weighted by atomic mass is 10.1. The number of thiazole rings is 1. The minimum Gasteiger partial charge on any atom is -0.345 e. The lowest BCUT2D eigenvalue weighted by Gasteiger charge is -2.19. The number of hydrogen-bond acceptors (Lipinski definition) is 5. The first-order valence-electron chi connectivity index (χ1n) is 7.15. The topological polar surface area (TPSA) is 88.2 Å². The van der Waals surface area contributed by atoms with Crippen molar-refractivity contribution in [3.63, 3.8) is 0 Å². The fraction of sp³-hybridized carbons (Fsp3) is 0.250. The number of amides is 2. The summed E-state index contributed by atoms with van der Waals surface area (Å²) in [6, 6.07) is 3.71. The highest BCUT2D eigenvalue weighted by Crippen LogP contribution is 2.20. The molecule has 1 aromatic carbocycles. The predicted octanol–water partition coefficient (Wildman–Crippen LogP) is 3.29. The van der Waals surface area contributed by atoms with Crippen LogP contribution in [0.4, 0.5) is 10.1 Å². The van der Waals surface area contributed by atoms with Gasteiger partial charge in [0.2, 0.25) is 0 Å². The van der Waals surface area contributed by atoms with Crippen molar-refractivity contribution in [2.45, 2.75) is 26.3 Å². The average molecular weight is 384 g/mol. The third kappa shape index (κ3) is 5.07. The van der Waals surface area contributed by atoms with Crippen molar-refractivity contribution in [3.8, 4) is 0 Å². The number of hydrogen-bond donors (Lipinski definition) is 2. The molecule has 0 bridgehead atoms. The van der Waals surface area contributed by atoms with E-state index in [0.717, 1.165) is 17.4 Å². The molecule has 0 radical (unpaired) electrons. The zero-order valence-electron chi connectivity index (χ0n) is 13.6. The monoisotopic (exact) mass is 383 g/mol. The quantitative estimate of drug-likeness (QED) is 0.626. The van der Waals surface area contributed by atoms with Crippen LogP contribution in [0, 0.1) is 5.82 Å². The van der Waals surface area contributed by atoms with E-state index in [2.05, 4.69) is 15.6 Å². The summed E-state index contributed by atoms with van der Waals surface area (Å²) in [5.41, 5.74) is -0.313. The van der Waals surface area contributed by atoms with Gasteiger partial charge in [-0.25, -0.2) is 9.37 Å². The molecule has 0 aliphatic carbocycles. The summed E-state index contributed by atoms with van der Waals surface area (Å²) in [5, 5.41) is 6.16. The van der Waals surface area contributed by atoms with Crippen molar-refractivity contribution in [2.75, 3.05) is 5.32 Å². The molecule has 0 unspecified atom stereocenters. The van der Waals surface area contributed by atoms with Gasteiger partial charge in [0.15, 0.2) is 5.01 Å². The summed E-state index contributed by atoms with van der Waals surface area (Å²) in [5.74, 6) is -2.82. The largest absolute Gasteiger partial charge is 0.345 e. The van der Waals surface area contributed by atoms with Crippen LogP contribution in [-0.4, -0.2) is 28.1 Å². The first-order valence-corrected chi connectivity index (χ1v) is 8.41. The van der Waals surface area contributed by atoms with Crippen molar-refractivity contribution in [1.82, 2.24) is 10.3 Å². The number of carbonyl (C=O) groups excluding carboxylic acids is 3. The van der Waals surface area contributed by atoms with Crippen molar-refractivity contribution in [1.29, 1.82) is 0 Å². The Hall–Kier alpha value is -2.32. The molecule has 2 aromatic rings. The summed E-state index contributed by atoms with van der Waals surface area (Å²) in [7, 11) is 0. The smallest absolute Gasteiger partial charge is 0.295 e. The SMILES string of the molecule is CC(C)(C)NC(=O)C(=O)c1nc(C(=O)Nc2ccc(F)c(Cl)c2)cs1. The number of benzene rings is 1. The molecule has 9 heteroatoms. The van der Waals surface area contributed by atoms with Crippen LogP contribution in [0.5, 0.6) is 0 Å². The van der Waals surface area contributed by atoms with Crippen LogP contribution in [0.15, 0.2) is 23.6 Å². The Kier molecular flexibility index (Phi) is 5.54. The van der Waals surface area contributed by atoms with Gasteiger partial charge in [-0.2, -0.15) is 0 Å². The standard InChI is InChI=1S/C16H15ClFN3O3S/c1-16(2,3)21-14(24)12(22)15-20-11(7-25-15)13(23)19-8-4-5-10(18)9(17)6-8/h4-7H,1-3H3,(H,19,23)(H,21,24). The van der Waals surface area contributed by atoms with Gasteiger partial charge in [0.25, 0.3) is 17.6 Å². The molecule has 0 aliphatic heterocycles. The molecule has 0 aliphatic rings. The van der Waals surface area contributed by atoms with Crippen LogP contribution in [0.3, 0.4) is 0 Å². The number of carbonyl (C=O) groups is 3. The van der Waals surface area contributed by atoms with Crippen LogP contribution in [0.25, 0.3) is 0 Å². The second kappa shape index (κ2) is 7.28. The minimum atomic E-state index is -0.816. The number of anilines is 1. The normalized spacial score (nSPS) is 11.1. The Morgan fingerprint density at radius 1 is 1.24 bits per heavy atom. The maximum absolute atomic E-state index is 13.1. The van der Waals surface area contributed by atoms with Crippen molar-refractivity contribution >= 4 is 46.2 Å². The second-order valence-corrected chi connectivity index (χ2v) is 7.42. The fourth-order valence-electron chi connectivity index (χ4n) is 1.75. The number of nitrogens with zero attached hydrogens (tertiary/aromatic N) is 1. The van der Waals surface area contributed by atoms with E-state index >= 15 is 0 Å². The maximum atomic E-state index is 13.1. The van der Waals surface area contributed by atoms with Crippen LogP contribution >= 0.6 is 22.9 Å². The van der Waals surface area contributed by atoms with Gasteiger partial charge in [-0.1, -0.05) is 11.6 Å². The summed E-state index contributed by atoms with van der Waals surface area (Å²) in [6.45, 7) is 5.23. The van der Waals surface area contributed by atoms with Crippen LogP contribution in [0.2, 0.25) is 5.02 Å². The molecule has 132 valence electrons. The first-order chi connectivity index (χ1) is 11.6. The van der Waals surface area contributed by atoms with Crippen LogP contribution in [0.1, 0.15) is 41.1 Å². The minimum absolute atomic E-state index is 0.0302. The third-order valence-electron chi connectivity index (χ3n) is 2.80. The van der Waals surface area contributed by atoms with E-state index in [1.54, 1.807) is 20.8 Å². The molecule has 2 N–H and O–H groups in total. The first kappa shape index (κ1) is 19.0. The molecule has 0 fully saturated rings. The van der Waals surface area contributed by atoms with Gasteiger partial charge < -0.3 is 10.6 Å². The van der Waals surface area contributed by atoms with Crippen molar-refractivity contribution in [2.24, 2.45) is 0 Å². The van der Waals surface area contributed by atoms with E-state index in [1.165, 1.54) is 17.5 Å². The summed E-state index contributed by atoms with van der Waals surface area (Å²) in [6.07, 6.45) is 0. The van der Waals surface area contributed by atoms with Gasteiger partial charge in [0.05, 0.1) is 5.02 Å². The third-order valence-corrected chi connectivity index (χ3v) is 3.93. The van der Waals surface area contributed by atoms with E-state index in [0.29, 0.717) is 0 Å². The van der Waals surface area contributed by atoms with E-state index in [1.807, 2.05) is 0 Å². The van der Waals surface area contributed by atoms with Crippen LogP contribution < -0.4 is 10.6 Å². The lowest BCUT2D eigenvalue weighted by Crippen LogP contribution is -2.44. The van der Waals surface area contributed by atoms with Gasteiger partial charge in [-0.15, -0.1) is 11.3 Å². The number of ketones is 1. The van der Waals surface area contributed by atoms with Gasteiger partial charge in [-0.3, -0.25) is 14.4 Å². The average Bonchev–Trinajstić information content (AvgIpc) is 2.98. The number of aromatic nitrogens is 1. The van der Waals surface area contributed by atoms with Gasteiger partial charge in [-0.05, 0) is 39.0 Å². The van der Waals surface area contributed by atoms with E-state index in [-0.39, 0.29) is 21.4 Å². The Bertz CT molecular complexity index is 845. The zero-order chi connectivity index (χ0) is 18.8. The molecule has 1 heterocycles. The van der Waals surface area contributed by atoms with E-state index in [9.17, 15) is 18.8 Å². The Morgan fingerprint density at radius 3 is 2.52 bits per heavy atom. The van der Waals surface area contributed by atoms with Gasteiger partial charge in [0.1, 0.15) is 11.5 Å². The highest BCUT2D eigenvalue weighted by Gasteiger charge is 2.25. The lowest BCUT2D eigenvalue weighted by molar-refractivity contribution is -0.118. The Labute approximate surface area is 152 Å².